The Bertz CT molecular complexity index is 616. The van der Waals surface area contributed by atoms with E-state index in [1.807, 2.05) is 0 Å². The molecule has 1 aromatic heterocycles. The van der Waals surface area contributed by atoms with Crippen molar-refractivity contribution in [3.05, 3.63) is 59.5 Å². The molecule has 0 aliphatic heterocycles. The van der Waals surface area contributed by atoms with Gasteiger partial charge >= 0.3 is 0 Å². The van der Waals surface area contributed by atoms with Gasteiger partial charge in [0.25, 0.3) is 5.91 Å². The second-order valence-corrected chi connectivity index (χ2v) is 4.35. The Kier molecular flexibility index (Phi) is 4.30. The maximum Gasteiger partial charge on any atom is 0.259 e. The van der Waals surface area contributed by atoms with Crippen LogP contribution in [0.1, 0.15) is 15.9 Å². The molecule has 5 heteroatoms. The third kappa shape index (κ3) is 3.12. The summed E-state index contributed by atoms with van der Waals surface area (Å²) < 4.78 is 18.2. The summed E-state index contributed by atoms with van der Waals surface area (Å²) in [5.41, 5.74) is 1.11. The summed E-state index contributed by atoms with van der Waals surface area (Å²) >= 11 is 0. The van der Waals surface area contributed by atoms with Gasteiger partial charge in [-0.3, -0.25) is 4.79 Å². The van der Waals surface area contributed by atoms with E-state index in [2.05, 4.69) is 4.98 Å². The average Bonchev–Trinajstić information content (AvgIpc) is 2.46. The number of benzene rings is 1. The first kappa shape index (κ1) is 14.0. The number of hydrogen-bond acceptors (Lipinski definition) is 3. The Morgan fingerprint density at radius 1 is 1.35 bits per heavy atom. The monoisotopic (exact) mass is 274 g/mol. The number of aromatic nitrogens is 1. The number of pyridine rings is 1. The van der Waals surface area contributed by atoms with Gasteiger partial charge in [0.05, 0.1) is 7.11 Å². The minimum Gasteiger partial charge on any atom is -0.480 e. The number of halogens is 1. The highest BCUT2D eigenvalue weighted by atomic mass is 19.1. The van der Waals surface area contributed by atoms with Gasteiger partial charge in [0.15, 0.2) is 0 Å². The molecule has 1 aromatic carbocycles. The highest BCUT2D eigenvalue weighted by Gasteiger charge is 2.17. The third-order valence-electron chi connectivity index (χ3n) is 2.85. The Balaban J connectivity index is 2.16. The smallest absolute Gasteiger partial charge is 0.259 e. The fourth-order valence-corrected chi connectivity index (χ4v) is 1.90. The van der Waals surface area contributed by atoms with E-state index in [1.54, 1.807) is 37.5 Å². The highest BCUT2D eigenvalue weighted by molar-refractivity contribution is 5.96. The number of ether oxygens (including phenoxy) is 1. The summed E-state index contributed by atoms with van der Waals surface area (Å²) in [7, 11) is 3.12. The lowest BCUT2D eigenvalue weighted by molar-refractivity contribution is 0.0780. The molecule has 104 valence electrons. The van der Waals surface area contributed by atoms with Gasteiger partial charge in [0.1, 0.15) is 11.4 Å². The van der Waals surface area contributed by atoms with E-state index in [9.17, 15) is 9.18 Å². The molecular formula is C15H15FN2O2. The van der Waals surface area contributed by atoms with Crippen molar-refractivity contribution >= 4 is 5.91 Å². The van der Waals surface area contributed by atoms with Crippen LogP contribution < -0.4 is 4.74 Å². The number of carbonyl (C=O) groups excluding carboxylic acids is 1. The second-order valence-electron chi connectivity index (χ2n) is 4.35. The first-order valence-corrected chi connectivity index (χ1v) is 6.10. The van der Waals surface area contributed by atoms with Gasteiger partial charge in [-0.1, -0.05) is 12.1 Å². The van der Waals surface area contributed by atoms with Crippen molar-refractivity contribution in [1.29, 1.82) is 0 Å². The lowest BCUT2D eigenvalue weighted by Crippen LogP contribution is -2.26. The number of amides is 1. The highest BCUT2D eigenvalue weighted by Crippen LogP contribution is 2.17. The molecule has 20 heavy (non-hydrogen) atoms. The number of nitrogens with zero attached hydrogens (tertiary/aromatic N) is 2. The zero-order chi connectivity index (χ0) is 14.5. The fraction of sp³-hybridized carbons (Fsp3) is 0.200. The fourth-order valence-electron chi connectivity index (χ4n) is 1.90. The van der Waals surface area contributed by atoms with Gasteiger partial charge in [-0.05, 0) is 29.8 Å². The van der Waals surface area contributed by atoms with Gasteiger partial charge in [-0.15, -0.1) is 0 Å². The maximum absolute atomic E-state index is 13.1. The SMILES string of the molecule is COc1ncccc1C(=O)N(C)Cc1cccc(F)c1. The van der Waals surface area contributed by atoms with Crippen molar-refractivity contribution in [3.63, 3.8) is 0 Å². The van der Waals surface area contributed by atoms with Gasteiger partial charge in [-0.2, -0.15) is 0 Å². The van der Waals surface area contributed by atoms with Gasteiger partial charge in [0, 0.05) is 19.8 Å². The van der Waals surface area contributed by atoms with E-state index >= 15 is 0 Å². The van der Waals surface area contributed by atoms with Crippen LogP contribution in [0, 0.1) is 5.82 Å². The lowest BCUT2D eigenvalue weighted by Gasteiger charge is -2.18. The van der Waals surface area contributed by atoms with Crippen LogP contribution in [0.15, 0.2) is 42.6 Å². The molecule has 0 N–H and O–H groups in total. The number of methoxy groups -OCH3 is 1. The molecular weight excluding hydrogens is 259 g/mol. The van der Waals surface area contributed by atoms with Gasteiger partial charge < -0.3 is 9.64 Å². The molecule has 0 unspecified atom stereocenters. The Morgan fingerprint density at radius 2 is 2.15 bits per heavy atom. The number of rotatable bonds is 4. The molecule has 0 saturated carbocycles. The quantitative estimate of drug-likeness (QED) is 0.860. The van der Waals surface area contributed by atoms with Gasteiger partial charge in [0.2, 0.25) is 5.88 Å². The van der Waals surface area contributed by atoms with E-state index in [4.69, 9.17) is 4.74 Å². The van der Waals surface area contributed by atoms with E-state index in [0.29, 0.717) is 12.1 Å². The van der Waals surface area contributed by atoms with Crippen LogP contribution >= 0.6 is 0 Å². The maximum atomic E-state index is 13.1. The molecule has 0 atom stereocenters. The lowest BCUT2D eigenvalue weighted by atomic mass is 10.2. The van der Waals surface area contributed by atoms with Crippen LogP contribution in [-0.2, 0) is 6.54 Å². The molecule has 2 aromatic rings. The first-order chi connectivity index (χ1) is 9.61. The van der Waals surface area contributed by atoms with Crippen LogP contribution in [0.3, 0.4) is 0 Å². The Labute approximate surface area is 116 Å². The van der Waals surface area contributed by atoms with Crippen LogP contribution in [0.2, 0.25) is 0 Å². The van der Waals surface area contributed by atoms with Crippen molar-refractivity contribution in [2.24, 2.45) is 0 Å². The standard InChI is InChI=1S/C15H15FN2O2/c1-18(10-11-5-3-6-12(16)9-11)15(19)13-7-4-8-17-14(13)20-2/h3-9H,10H2,1-2H3. The first-order valence-electron chi connectivity index (χ1n) is 6.10. The predicted octanol–water partition coefficient (Wildman–Crippen LogP) is 2.50. The summed E-state index contributed by atoms with van der Waals surface area (Å²) in [5, 5.41) is 0. The van der Waals surface area contributed by atoms with Crippen LogP contribution in [0.5, 0.6) is 5.88 Å². The molecule has 4 nitrogen and oxygen atoms in total. The molecule has 0 spiro atoms. The van der Waals surface area contributed by atoms with Crippen molar-refractivity contribution < 1.29 is 13.9 Å². The largest absolute Gasteiger partial charge is 0.480 e. The third-order valence-corrected chi connectivity index (χ3v) is 2.85. The van der Waals surface area contributed by atoms with Crippen LogP contribution in [0.4, 0.5) is 4.39 Å². The van der Waals surface area contributed by atoms with E-state index in [0.717, 1.165) is 5.56 Å². The molecule has 0 radical (unpaired) electrons. The minimum absolute atomic E-state index is 0.223. The topological polar surface area (TPSA) is 42.4 Å². The summed E-state index contributed by atoms with van der Waals surface area (Å²) in [6, 6.07) is 9.49. The van der Waals surface area contributed by atoms with Crippen LogP contribution in [0.25, 0.3) is 0 Å². The normalized spacial score (nSPS) is 10.2. The summed E-state index contributed by atoms with van der Waals surface area (Å²) in [4.78, 5) is 17.8. The minimum atomic E-state index is -0.317. The molecule has 1 heterocycles. The zero-order valence-electron chi connectivity index (χ0n) is 11.3. The second kappa shape index (κ2) is 6.14. The van der Waals surface area contributed by atoms with Crippen molar-refractivity contribution in [1.82, 2.24) is 9.88 Å². The summed E-state index contributed by atoms with van der Waals surface area (Å²) in [5.74, 6) is -0.259. The molecule has 0 bridgehead atoms. The average molecular weight is 274 g/mol. The van der Waals surface area contributed by atoms with E-state index in [-0.39, 0.29) is 17.6 Å². The molecule has 2 rings (SSSR count). The molecule has 1 amide bonds. The molecule has 0 fully saturated rings. The predicted molar refractivity (Wildman–Crippen MR) is 73.0 cm³/mol. The van der Waals surface area contributed by atoms with Crippen molar-refractivity contribution in [2.45, 2.75) is 6.54 Å². The van der Waals surface area contributed by atoms with E-state index in [1.165, 1.54) is 24.1 Å². The Morgan fingerprint density at radius 3 is 2.85 bits per heavy atom. The zero-order valence-corrected chi connectivity index (χ0v) is 11.3. The number of hydrogen-bond donors (Lipinski definition) is 0. The van der Waals surface area contributed by atoms with E-state index < -0.39 is 0 Å². The van der Waals surface area contributed by atoms with Crippen molar-refractivity contribution in [3.8, 4) is 5.88 Å². The number of carbonyl (C=O) groups is 1. The molecule has 0 aliphatic rings. The van der Waals surface area contributed by atoms with Gasteiger partial charge in [-0.25, -0.2) is 9.37 Å². The van der Waals surface area contributed by atoms with Crippen molar-refractivity contribution in [2.75, 3.05) is 14.2 Å². The molecule has 0 saturated heterocycles. The summed E-state index contributed by atoms with van der Waals surface area (Å²) in [6.07, 6.45) is 1.56. The molecule has 0 aliphatic carbocycles. The summed E-state index contributed by atoms with van der Waals surface area (Å²) in [6.45, 7) is 0.314. The Hall–Kier alpha value is -2.43. The van der Waals surface area contributed by atoms with Crippen LogP contribution in [-0.4, -0.2) is 29.9 Å².